The molecule has 1 aromatic rings. The van der Waals surface area contributed by atoms with Crippen LogP contribution < -0.4 is 5.32 Å². The van der Waals surface area contributed by atoms with Gasteiger partial charge in [0.1, 0.15) is 11.6 Å². The Labute approximate surface area is 95.2 Å². The topological polar surface area (TPSA) is 12.0 Å². The standard InChI is InChI=1S/C13H17F2N/c1-3-4-5-13(16-2)8-10-6-11(14)9-12(15)7-10/h3,6-7,9,13,16H,1,4-5,8H2,2H3. The summed E-state index contributed by atoms with van der Waals surface area (Å²) in [7, 11) is 1.85. The van der Waals surface area contributed by atoms with E-state index in [4.69, 9.17) is 0 Å². The number of benzene rings is 1. The summed E-state index contributed by atoms with van der Waals surface area (Å²) in [6.07, 6.45) is 4.27. The van der Waals surface area contributed by atoms with Crippen molar-refractivity contribution in [3.05, 3.63) is 48.1 Å². The lowest BCUT2D eigenvalue weighted by Gasteiger charge is -2.15. The molecule has 1 unspecified atom stereocenters. The molecule has 0 fully saturated rings. The van der Waals surface area contributed by atoms with Gasteiger partial charge < -0.3 is 5.32 Å². The molecule has 0 amide bonds. The Morgan fingerprint density at radius 2 is 1.94 bits per heavy atom. The average Bonchev–Trinajstić information content (AvgIpc) is 2.22. The minimum atomic E-state index is -0.520. The van der Waals surface area contributed by atoms with Crippen LogP contribution >= 0.6 is 0 Å². The highest BCUT2D eigenvalue weighted by Gasteiger charge is 2.08. The second-order valence-electron chi connectivity index (χ2n) is 3.83. The molecule has 16 heavy (non-hydrogen) atoms. The van der Waals surface area contributed by atoms with Crippen LogP contribution in [0.15, 0.2) is 30.9 Å². The van der Waals surface area contributed by atoms with E-state index >= 15 is 0 Å². The summed E-state index contributed by atoms with van der Waals surface area (Å²) in [5.41, 5.74) is 0.681. The second kappa shape index (κ2) is 6.38. The predicted molar refractivity (Wildman–Crippen MR) is 62.3 cm³/mol. The molecule has 0 aliphatic rings. The summed E-state index contributed by atoms with van der Waals surface area (Å²) >= 11 is 0. The summed E-state index contributed by atoms with van der Waals surface area (Å²) in [4.78, 5) is 0. The summed E-state index contributed by atoms with van der Waals surface area (Å²) in [5.74, 6) is -1.04. The minimum Gasteiger partial charge on any atom is -0.317 e. The van der Waals surface area contributed by atoms with E-state index in [1.165, 1.54) is 12.1 Å². The van der Waals surface area contributed by atoms with E-state index in [0.29, 0.717) is 12.0 Å². The number of halogens is 2. The SMILES string of the molecule is C=CCCC(Cc1cc(F)cc(F)c1)NC. The maximum Gasteiger partial charge on any atom is 0.126 e. The van der Waals surface area contributed by atoms with Crippen molar-refractivity contribution in [1.29, 1.82) is 0 Å². The zero-order valence-corrected chi connectivity index (χ0v) is 9.47. The normalized spacial score (nSPS) is 12.4. The summed E-state index contributed by atoms with van der Waals surface area (Å²) in [6, 6.07) is 3.86. The van der Waals surface area contributed by atoms with Gasteiger partial charge in [-0.1, -0.05) is 6.08 Å². The highest BCUT2D eigenvalue weighted by molar-refractivity contribution is 5.19. The van der Waals surface area contributed by atoms with Crippen LogP contribution in [0, 0.1) is 11.6 Å². The number of nitrogens with one attached hydrogen (secondary N) is 1. The van der Waals surface area contributed by atoms with Crippen LogP contribution in [0.3, 0.4) is 0 Å². The van der Waals surface area contributed by atoms with E-state index in [0.717, 1.165) is 18.9 Å². The van der Waals surface area contributed by atoms with E-state index in [-0.39, 0.29) is 6.04 Å². The maximum atomic E-state index is 13.0. The highest BCUT2D eigenvalue weighted by Crippen LogP contribution is 2.12. The van der Waals surface area contributed by atoms with Gasteiger partial charge in [0.2, 0.25) is 0 Å². The van der Waals surface area contributed by atoms with E-state index < -0.39 is 11.6 Å². The number of hydrogen-bond donors (Lipinski definition) is 1. The van der Waals surface area contributed by atoms with Crippen LogP contribution in [0.1, 0.15) is 18.4 Å². The Kier molecular flexibility index (Phi) is 5.12. The van der Waals surface area contributed by atoms with Gasteiger partial charge in [-0.3, -0.25) is 0 Å². The molecular weight excluding hydrogens is 208 g/mol. The van der Waals surface area contributed by atoms with Crippen LogP contribution in [-0.4, -0.2) is 13.1 Å². The zero-order valence-electron chi connectivity index (χ0n) is 9.47. The van der Waals surface area contributed by atoms with Crippen LogP contribution in [0.5, 0.6) is 0 Å². The lowest BCUT2D eigenvalue weighted by atomic mass is 10.0. The van der Waals surface area contributed by atoms with Crippen molar-refractivity contribution in [2.75, 3.05) is 7.05 Å². The van der Waals surface area contributed by atoms with Gasteiger partial charge in [0.15, 0.2) is 0 Å². The van der Waals surface area contributed by atoms with Gasteiger partial charge in [-0.25, -0.2) is 8.78 Å². The van der Waals surface area contributed by atoms with E-state index in [1.807, 2.05) is 13.1 Å². The molecule has 3 heteroatoms. The molecular formula is C13H17F2N. The maximum absolute atomic E-state index is 13.0. The molecule has 0 radical (unpaired) electrons. The molecule has 0 saturated carbocycles. The summed E-state index contributed by atoms with van der Waals surface area (Å²) < 4.78 is 25.9. The third-order valence-corrected chi connectivity index (χ3v) is 2.53. The number of rotatable bonds is 6. The molecule has 0 aliphatic heterocycles. The third kappa shape index (κ3) is 4.11. The first kappa shape index (κ1) is 12.8. The van der Waals surface area contributed by atoms with Crippen LogP contribution in [0.4, 0.5) is 8.78 Å². The monoisotopic (exact) mass is 225 g/mol. The number of likely N-dealkylation sites (N-methyl/N-ethyl adjacent to an activating group) is 1. The molecule has 1 aromatic carbocycles. The molecule has 1 nitrogen and oxygen atoms in total. The van der Waals surface area contributed by atoms with Crippen molar-refractivity contribution < 1.29 is 8.78 Å². The van der Waals surface area contributed by atoms with Crippen molar-refractivity contribution in [2.24, 2.45) is 0 Å². The summed E-state index contributed by atoms with van der Waals surface area (Å²) in [5, 5.41) is 3.13. The molecule has 0 spiro atoms. The molecule has 1 rings (SSSR count). The molecule has 0 aromatic heterocycles. The van der Waals surface area contributed by atoms with E-state index in [1.54, 1.807) is 0 Å². The fraction of sp³-hybridized carbons (Fsp3) is 0.385. The molecule has 88 valence electrons. The van der Waals surface area contributed by atoms with E-state index in [2.05, 4.69) is 11.9 Å². The predicted octanol–water partition coefficient (Wildman–Crippen LogP) is 3.06. The summed E-state index contributed by atoms with van der Waals surface area (Å²) in [6.45, 7) is 3.65. The lowest BCUT2D eigenvalue weighted by molar-refractivity contribution is 0.518. The van der Waals surface area contributed by atoms with Gasteiger partial charge in [0.05, 0.1) is 0 Å². The quantitative estimate of drug-likeness (QED) is 0.734. The average molecular weight is 225 g/mol. The zero-order chi connectivity index (χ0) is 12.0. The van der Waals surface area contributed by atoms with E-state index in [9.17, 15) is 8.78 Å². The third-order valence-electron chi connectivity index (χ3n) is 2.53. The Hall–Kier alpha value is -1.22. The molecule has 0 bridgehead atoms. The number of hydrogen-bond acceptors (Lipinski definition) is 1. The largest absolute Gasteiger partial charge is 0.317 e. The van der Waals surface area contributed by atoms with Gasteiger partial charge in [-0.05, 0) is 44.0 Å². The first-order valence-corrected chi connectivity index (χ1v) is 5.39. The highest BCUT2D eigenvalue weighted by atomic mass is 19.1. The van der Waals surface area contributed by atoms with Crippen molar-refractivity contribution in [3.8, 4) is 0 Å². The smallest absolute Gasteiger partial charge is 0.126 e. The van der Waals surface area contributed by atoms with Crippen molar-refractivity contribution in [2.45, 2.75) is 25.3 Å². The number of allylic oxidation sites excluding steroid dienone is 1. The van der Waals surface area contributed by atoms with Crippen LogP contribution in [0.2, 0.25) is 0 Å². The molecule has 0 heterocycles. The Morgan fingerprint density at radius 3 is 2.44 bits per heavy atom. The van der Waals surface area contributed by atoms with Gasteiger partial charge in [-0.15, -0.1) is 6.58 Å². The van der Waals surface area contributed by atoms with Crippen molar-refractivity contribution in [1.82, 2.24) is 5.32 Å². The van der Waals surface area contributed by atoms with Gasteiger partial charge in [-0.2, -0.15) is 0 Å². The second-order valence-corrected chi connectivity index (χ2v) is 3.83. The molecule has 0 aliphatic carbocycles. The lowest BCUT2D eigenvalue weighted by Crippen LogP contribution is -2.27. The van der Waals surface area contributed by atoms with Crippen LogP contribution in [-0.2, 0) is 6.42 Å². The van der Waals surface area contributed by atoms with Crippen molar-refractivity contribution >= 4 is 0 Å². The van der Waals surface area contributed by atoms with Gasteiger partial charge in [0, 0.05) is 12.1 Å². The Morgan fingerprint density at radius 1 is 1.31 bits per heavy atom. The fourth-order valence-corrected chi connectivity index (χ4v) is 1.68. The van der Waals surface area contributed by atoms with Crippen molar-refractivity contribution in [3.63, 3.8) is 0 Å². The minimum absolute atomic E-state index is 0.221. The van der Waals surface area contributed by atoms with Gasteiger partial charge in [0.25, 0.3) is 0 Å². The fourth-order valence-electron chi connectivity index (χ4n) is 1.68. The molecule has 1 atom stereocenters. The Bertz CT molecular complexity index is 330. The van der Waals surface area contributed by atoms with Crippen LogP contribution in [0.25, 0.3) is 0 Å². The molecule has 1 N–H and O–H groups in total. The molecule has 0 saturated heterocycles. The first-order chi connectivity index (χ1) is 7.65. The Balaban J connectivity index is 2.65. The first-order valence-electron chi connectivity index (χ1n) is 5.39. The van der Waals surface area contributed by atoms with Gasteiger partial charge >= 0.3 is 0 Å².